The number of nitrogens with one attached hydrogen (secondary N) is 1. The van der Waals surface area contributed by atoms with E-state index < -0.39 is 0 Å². The number of thioether (sulfide) groups is 1. The molecule has 0 unspecified atom stereocenters. The highest BCUT2D eigenvalue weighted by Gasteiger charge is 2.18. The molecule has 1 aliphatic rings. The summed E-state index contributed by atoms with van der Waals surface area (Å²) in [7, 11) is 0. The van der Waals surface area contributed by atoms with Gasteiger partial charge in [0.25, 0.3) is 0 Å². The molecule has 3 aromatic rings. The number of morpholine rings is 1. The molecule has 9 nitrogen and oxygen atoms in total. The Hall–Kier alpha value is -2.76. The number of rotatable bonds is 7. The first-order valence-electron chi connectivity index (χ1n) is 9.78. The Bertz CT molecular complexity index is 1070. The summed E-state index contributed by atoms with van der Waals surface area (Å²) >= 11 is 2.87. The zero-order valence-corrected chi connectivity index (χ0v) is 18.5. The van der Waals surface area contributed by atoms with Gasteiger partial charge in [0.2, 0.25) is 5.91 Å². The molecule has 2 aromatic heterocycles. The molecule has 11 heteroatoms. The van der Waals surface area contributed by atoms with Crippen molar-refractivity contribution in [2.24, 2.45) is 0 Å². The predicted octanol–water partition coefficient (Wildman–Crippen LogP) is 2.83. The Labute approximate surface area is 187 Å². The van der Waals surface area contributed by atoms with Crippen molar-refractivity contribution in [3.63, 3.8) is 0 Å². The molecule has 1 amide bonds. The lowest BCUT2D eigenvalue weighted by atomic mass is 10.2. The number of esters is 1. The van der Waals surface area contributed by atoms with Crippen molar-refractivity contribution in [2.45, 2.75) is 11.9 Å². The van der Waals surface area contributed by atoms with Crippen LogP contribution in [0, 0.1) is 0 Å². The number of carbonyl (C=O) groups excluding carboxylic acids is 2. The molecule has 4 rings (SSSR count). The van der Waals surface area contributed by atoms with E-state index in [9.17, 15) is 9.59 Å². The average Bonchev–Trinajstić information content (AvgIpc) is 3.24. The van der Waals surface area contributed by atoms with Crippen LogP contribution in [0.1, 0.15) is 17.3 Å². The minimum absolute atomic E-state index is 0.168. The van der Waals surface area contributed by atoms with E-state index in [2.05, 4.69) is 25.2 Å². The number of hydrogen-bond acceptors (Lipinski definition) is 10. The summed E-state index contributed by atoms with van der Waals surface area (Å²) in [5.41, 5.74) is 1.69. The second kappa shape index (κ2) is 10.0. The van der Waals surface area contributed by atoms with Crippen LogP contribution in [-0.4, -0.2) is 65.5 Å². The third kappa shape index (κ3) is 5.30. The van der Waals surface area contributed by atoms with Crippen LogP contribution < -0.4 is 10.2 Å². The zero-order valence-electron chi connectivity index (χ0n) is 16.9. The number of benzene rings is 1. The predicted molar refractivity (Wildman–Crippen MR) is 120 cm³/mol. The van der Waals surface area contributed by atoms with Crippen molar-refractivity contribution in [1.29, 1.82) is 0 Å². The Morgan fingerprint density at radius 1 is 1.23 bits per heavy atom. The highest BCUT2D eigenvalue weighted by atomic mass is 32.2. The highest BCUT2D eigenvalue weighted by molar-refractivity contribution is 8.00. The maximum atomic E-state index is 12.4. The number of hydrogen-bond donors (Lipinski definition) is 1. The van der Waals surface area contributed by atoms with E-state index in [1.54, 1.807) is 31.2 Å². The smallest absolute Gasteiger partial charge is 0.338 e. The fraction of sp³-hybridized carbons (Fsp3) is 0.350. The molecule has 1 fully saturated rings. The summed E-state index contributed by atoms with van der Waals surface area (Å²) in [6.07, 6.45) is 1.47. The van der Waals surface area contributed by atoms with Gasteiger partial charge in [0.05, 0.1) is 31.1 Å². The van der Waals surface area contributed by atoms with Gasteiger partial charge in [0, 0.05) is 18.8 Å². The maximum Gasteiger partial charge on any atom is 0.338 e. The number of nitrogens with zero attached hydrogens (tertiary/aromatic N) is 4. The first-order chi connectivity index (χ1) is 15.1. The van der Waals surface area contributed by atoms with Crippen LogP contribution in [0.5, 0.6) is 0 Å². The second-order valence-electron chi connectivity index (χ2n) is 6.56. The number of thiazole rings is 1. The van der Waals surface area contributed by atoms with E-state index in [0.29, 0.717) is 36.7 Å². The van der Waals surface area contributed by atoms with Gasteiger partial charge in [-0.15, -0.1) is 0 Å². The minimum atomic E-state index is -0.385. The van der Waals surface area contributed by atoms with Crippen molar-refractivity contribution in [2.75, 3.05) is 48.9 Å². The lowest BCUT2D eigenvalue weighted by Gasteiger charge is -2.25. The van der Waals surface area contributed by atoms with Crippen LogP contribution in [0.4, 0.5) is 10.8 Å². The third-order valence-electron chi connectivity index (χ3n) is 4.45. The minimum Gasteiger partial charge on any atom is -0.462 e. The van der Waals surface area contributed by atoms with E-state index >= 15 is 0 Å². The summed E-state index contributed by atoms with van der Waals surface area (Å²) in [4.78, 5) is 39.5. The Morgan fingerprint density at radius 3 is 2.74 bits per heavy atom. The van der Waals surface area contributed by atoms with Crippen molar-refractivity contribution in [1.82, 2.24) is 15.0 Å². The summed E-state index contributed by atoms with van der Waals surface area (Å²) in [6, 6.07) is 6.60. The number of anilines is 2. The van der Waals surface area contributed by atoms with Gasteiger partial charge >= 0.3 is 5.97 Å². The maximum absolute atomic E-state index is 12.4. The third-order valence-corrected chi connectivity index (χ3v) is 6.68. The van der Waals surface area contributed by atoms with Crippen LogP contribution >= 0.6 is 23.1 Å². The molecular formula is C20H21N5O4S2. The second-order valence-corrected chi connectivity index (χ2v) is 8.50. The number of carbonyl (C=O) groups is 2. The van der Waals surface area contributed by atoms with E-state index in [1.165, 1.54) is 29.4 Å². The molecule has 31 heavy (non-hydrogen) atoms. The average molecular weight is 460 g/mol. The molecule has 3 heterocycles. The van der Waals surface area contributed by atoms with E-state index in [-0.39, 0.29) is 17.6 Å². The SMILES string of the molecule is CCOC(=O)c1ccc(NC(=O)CSc2ncnc3nc(N4CCOCC4)sc23)cc1. The largest absolute Gasteiger partial charge is 0.462 e. The first kappa shape index (κ1) is 21.5. The van der Waals surface area contributed by atoms with Gasteiger partial charge in [-0.3, -0.25) is 4.79 Å². The van der Waals surface area contributed by atoms with Gasteiger partial charge in [-0.25, -0.2) is 14.8 Å². The van der Waals surface area contributed by atoms with Gasteiger partial charge in [-0.2, -0.15) is 4.98 Å². The Balaban J connectivity index is 1.37. The van der Waals surface area contributed by atoms with Crippen LogP contribution in [0.3, 0.4) is 0 Å². The molecule has 0 radical (unpaired) electrons. The quantitative estimate of drug-likeness (QED) is 0.324. The monoisotopic (exact) mass is 459 g/mol. The molecule has 0 bridgehead atoms. The normalized spacial score (nSPS) is 13.9. The molecule has 0 spiro atoms. The van der Waals surface area contributed by atoms with Crippen molar-refractivity contribution in [3.8, 4) is 0 Å². The van der Waals surface area contributed by atoms with Gasteiger partial charge in [0.15, 0.2) is 10.8 Å². The number of ether oxygens (including phenoxy) is 2. The van der Waals surface area contributed by atoms with E-state index in [0.717, 1.165) is 27.9 Å². The Morgan fingerprint density at radius 2 is 2.00 bits per heavy atom. The molecule has 1 aliphatic heterocycles. The van der Waals surface area contributed by atoms with Crippen molar-refractivity contribution < 1.29 is 19.1 Å². The van der Waals surface area contributed by atoms with E-state index in [1.807, 2.05) is 0 Å². The fourth-order valence-corrected chi connectivity index (χ4v) is 4.89. The van der Waals surface area contributed by atoms with Crippen LogP contribution in [-0.2, 0) is 14.3 Å². The molecule has 0 aliphatic carbocycles. The fourth-order valence-electron chi connectivity index (χ4n) is 2.95. The van der Waals surface area contributed by atoms with Crippen molar-refractivity contribution >= 4 is 56.1 Å². The molecule has 1 saturated heterocycles. The lowest BCUT2D eigenvalue weighted by Crippen LogP contribution is -2.36. The van der Waals surface area contributed by atoms with Crippen LogP contribution in [0.25, 0.3) is 10.3 Å². The number of aromatic nitrogens is 3. The lowest BCUT2D eigenvalue weighted by molar-refractivity contribution is -0.113. The Kier molecular flexibility index (Phi) is 6.95. The first-order valence-corrected chi connectivity index (χ1v) is 11.6. The van der Waals surface area contributed by atoms with Crippen molar-refractivity contribution in [3.05, 3.63) is 36.2 Å². The highest BCUT2D eigenvalue weighted by Crippen LogP contribution is 2.34. The summed E-state index contributed by atoms with van der Waals surface area (Å²) < 4.78 is 11.2. The number of fused-ring (bicyclic) bond motifs is 1. The topological polar surface area (TPSA) is 107 Å². The van der Waals surface area contributed by atoms with Gasteiger partial charge in [-0.05, 0) is 31.2 Å². The molecule has 0 atom stereocenters. The molecule has 1 N–H and O–H groups in total. The molecular weight excluding hydrogens is 438 g/mol. The molecule has 1 aromatic carbocycles. The van der Waals surface area contributed by atoms with Crippen LogP contribution in [0.15, 0.2) is 35.6 Å². The van der Waals surface area contributed by atoms with Gasteiger partial charge < -0.3 is 19.7 Å². The van der Waals surface area contributed by atoms with Crippen LogP contribution in [0.2, 0.25) is 0 Å². The standard InChI is InChI=1S/C20H21N5O4S2/c1-2-29-19(27)13-3-5-14(6-4-13)23-15(26)11-30-18-16-17(21-12-22-18)24-20(31-16)25-7-9-28-10-8-25/h3-6,12H,2,7-11H2,1H3,(H,23,26). The van der Waals surface area contributed by atoms with E-state index in [4.69, 9.17) is 9.47 Å². The summed E-state index contributed by atoms with van der Waals surface area (Å²) in [6.45, 7) is 5.04. The summed E-state index contributed by atoms with van der Waals surface area (Å²) in [5, 5.41) is 4.45. The summed E-state index contributed by atoms with van der Waals surface area (Å²) in [5.74, 6) is -0.362. The molecule has 162 valence electrons. The number of amides is 1. The molecule has 0 saturated carbocycles. The van der Waals surface area contributed by atoms with Gasteiger partial charge in [0.1, 0.15) is 16.1 Å². The van der Waals surface area contributed by atoms with Gasteiger partial charge in [-0.1, -0.05) is 23.1 Å². The zero-order chi connectivity index (χ0) is 21.6.